The van der Waals surface area contributed by atoms with Crippen LogP contribution in [0, 0.1) is 5.92 Å². The summed E-state index contributed by atoms with van der Waals surface area (Å²) in [5.41, 5.74) is 6.80. The molecule has 17 heavy (non-hydrogen) atoms. The van der Waals surface area contributed by atoms with Crippen molar-refractivity contribution in [2.24, 2.45) is 11.7 Å². The molecule has 0 saturated carbocycles. The van der Waals surface area contributed by atoms with Gasteiger partial charge in [-0.25, -0.2) is 0 Å². The Morgan fingerprint density at radius 2 is 2.24 bits per heavy atom. The first-order chi connectivity index (χ1) is 8.27. The predicted molar refractivity (Wildman–Crippen MR) is 63.1 cm³/mol. The lowest BCUT2D eigenvalue weighted by molar-refractivity contribution is -0.148. The fourth-order valence-electron chi connectivity index (χ4n) is 1.85. The Labute approximate surface area is 101 Å². The van der Waals surface area contributed by atoms with E-state index in [1.54, 1.807) is 0 Å². The molecule has 1 aliphatic heterocycles. The van der Waals surface area contributed by atoms with Gasteiger partial charge in [0.2, 0.25) is 0 Å². The van der Waals surface area contributed by atoms with E-state index in [4.69, 9.17) is 15.2 Å². The van der Waals surface area contributed by atoms with Crippen molar-refractivity contribution >= 4 is 5.97 Å². The Bertz CT molecular complexity index is 360. The number of rotatable bonds is 4. The molecule has 92 valence electrons. The maximum absolute atomic E-state index is 11.7. The van der Waals surface area contributed by atoms with Crippen molar-refractivity contribution in [2.75, 3.05) is 13.2 Å². The minimum atomic E-state index is -0.568. The van der Waals surface area contributed by atoms with Crippen LogP contribution in [0.3, 0.4) is 0 Å². The first-order valence-electron chi connectivity index (χ1n) is 5.81. The third kappa shape index (κ3) is 3.28. The highest BCUT2D eigenvalue weighted by Gasteiger charge is 2.29. The summed E-state index contributed by atoms with van der Waals surface area (Å²) in [5, 5.41) is 0. The van der Waals surface area contributed by atoms with Gasteiger partial charge in [-0.05, 0) is 12.0 Å². The van der Waals surface area contributed by atoms with Gasteiger partial charge in [-0.2, -0.15) is 0 Å². The summed E-state index contributed by atoms with van der Waals surface area (Å²) < 4.78 is 10.4. The van der Waals surface area contributed by atoms with Crippen LogP contribution in [0.25, 0.3) is 0 Å². The quantitative estimate of drug-likeness (QED) is 0.794. The second-order valence-electron chi connectivity index (χ2n) is 4.24. The van der Waals surface area contributed by atoms with Gasteiger partial charge in [0.25, 0.3) is 0 Å². The van der Waals surface area contributed by atoms with Gasteiger partial charge in [-0.1, -0.05) is 30.3 Å². The second-order valence-corrected chi connectivity index (χ2v) is 4.24. The van der Waals surface area contributed by atoms with Gasteiger partial charge in [0.15, 0.2) is 0 Å². The van der Waals surface area contributed by atoms with Crippen LogP contribution < -0.4 is 5.73 Å². The average Bonchev–Trinajstić information content (AvgIpc) is 2.90. The summed E-state index contributed by atoms with van der Waals surface area (Å²) in [7, 11) is 0. The van der Waals surface area contributed by atoms with Crippen molar-refractivity contribution in [1.29, 1.82) is 0 Å². The molecule has 0 spiro atoms. The van der Waals surface area contributed by atoms with Crippen LogP contribution in [-0.2, 0) is 20.9 Å². The molecule has 0 amide bonds. The van der Waals surface area contributed by atoms with Crippen LogP contribution in [0.1, 0.15) is 12.0 Å². The van der Waals surface area contributed by atoms with Gasteiger partial charge in [-0.3, -0.25) is 4.79 Å². The average molecular weight is 235 g/mol. The summed E-state index contributed by atoms with van der Waals surface area (Å²) in [6, 6.07) is 9.00. The lowest BCUT2D eigenvalue weighted by Crippen LogP contribution is -2.39. The summed E-state index contributed by atoms with van der Waals surface area (Å²) in [4.78, 5) is 11.7. The largest absolute Gasteiger partial charge is 0.460 e. The highest BCUT2D eigenvalue weighted by Crippen LogP contribution is 2.16. The summed E-state index contributed by atoms with van der Waals surface area (Å²) >= 11 is 0. The van der Waals surface area contributed by atoms with Crippen molar-refractivity contribution in [3.05, 3.63) is 35.9 Å². The molecule has 0 aromatic heterocycles. The Morgan fingerprint density at radius 1 is 1.47 bits per heavy atom. The molecule has 0 aliphatic carbocycles. The van der Waals surface area contributed by atoms with Crippen LogP contribution in [0.5, 0.6) is 0 Å². The molecule has 0 unspecified atom stereocenters. The molecule has 1 aromatic carbocycles. The number of carbonyl (C=O) groups is 1. The van der Waals surface area contributed by atoms with Crippen LogP contribution in [-0.4, -0.2) is 25.2 Å². The van der Waals surface area contributed by atoms with E-state index in [0.717, 1.165) is 12.0 Å². The molecule has 0 radical (unpaired) electrons. The smallest absolute Gasteiger partial charge is 0.323 e. The van der Waals surface area contributed by atoms with E-state index in [9.17, 15) is 4.79 Å². The van der Waals surface area contributed by atoms with Crippen molar-refractivity contribution in [2.45, 2.75) is 19.1 Å². The summed E-state index contributed by atoms with van der Waals surface area (Å²) in [5.74, 6) is -0.248. The first kappa shape index (κ1) is 12.1. The third-order valence-corrected chi connectivity index (χ3v) is 2.97. The normalized spacial score (nSPS) is 21.1. The number of nitrogens with two attached hydrogens (primary N) is 1. The molecule has 0 bridgehead atoms. The lowest BCUT2D eigenvalue weighted by atomic mass is 10.0. The fraction of sp³-hybridized carbons (Fsp3) is 0.462. The Morgan fingerprint density at radius 3 is 2.88 bits per heavy atom. The number of hydrogen-bond donors (Lipinski definition) is 1. The highest BCUT2D eigenvalue weighted by molar-refractivity contribution is 5.75. The van der Waals surface area contributed by atoms with E-state index in [2.05, 4.69) is 0 Å². The Balaban J connectivity index is 1.80. The van der Waals surface area contributed by atoms with E-state index >= 15 is 0 Å². The second kappa shape index (κ2) is 5.80. The number of esters is 1. The standard InChI is InChI=1S/C13H17NO3/c14-12(11-6-7-16-9-11)13(15)17-8-10-4-2-1-3-5-10/h1-5,11-12H,6-9,14H2/t11-,12+/m1/s1. The molecule has 1 aromatic rings. The van der Waals surface area contributed by atoms with Gasteiger partial charge >= 0.3 is 5.97 Å². The molecule has 1 saturated heterocycles. The molecule has 1 fully saturated rings. The molecule has 1 aliphatic rings. The van der Waals surface area contributed by atoms with E-state index in [1.165, 1.54) is 0 Å². The molecular formula is C13H17NO3. The molecule has 2 rings (SSSR count). The van der Waals surface area contributed by atoms with E-state index < -0.39 is 6.04 Å². The van der Waals surface area contributed by atoms with Crippen LogP contribution in [0.4, 0.5) is 0 Å². The Kier molecular flexibility index (Phi) is 4.12. The van der Waals surface area contributed by atoms with E-state index in [1.807, 2.05) is 30.3 Å². The zero-order valence-corrected chi connectivity index (χ0v) is 9.67. The zero-order valence-electron chi connectivity index (χ0n) is 9.67. The maximum Gasteiger partial charge on any atom is 0.323 e. The number of hydrogen-bond acceptors (Lipinski definition) is 4. The predicted octanol–water partition coefficient (Wildman–Crippen LogP) is 1.09. The third-order valence-electron chi connectivity index (χ3n) is 2.97. The van der Waals surface area contributed by atoms with Gasteiger partial charge in [0.05, 0.1) is 6.61 Å². The van der Waals surface area contributed by atoms with Crippen LogP contribution in [0.15, 0.2) is 30.3 Å². The molecule has 4 heteroatoms. The van der Waals surface area contributed by atoms with Gasteiger partial charge in [0, 0.05) is 12.5 Å². The van der Waals surface area contributed by atoms with Gasteiger partial charge in [0.1, 0.15) is 12.6 Å². The molecule has 2 N–H and O–H groups in total. The summed E-state index contributed by atoms with van der Waals surface area (Å²) in [6.07, 6.45) is 0.835. The first-order valence-corrected chi connectivity index (χ1v) is 5.81. The maximum atomic E-state index is 11.7. The highest BCUT2D eigenvalue weighted by atomic mass is 16.5. The Hall–Kier alpha value is -1.39. The fourth-order valence-corrected chi connectivity index (χ4v) is 1.85. The topological polar surface area (TPSA) is 61.6 Å². The van der Waals surface area contributed by atoms with Crippen molar-refractivity contribution in [3.8, 4) is 0 Å². The van der Waals surface area contributed by atoms with E-state index in [-0.39, 0.29) is 18.5 Å². The SMILES string of the molecule is N[C@H](C(=O)OCc1ccccc1)[C@@H]1CCOC1. The number of benzene rings is 1. The molecule has 1 heterocycles. The van der Waals surface area contributed by atoms with Gasteiger partial charge < -0.3 is 15.2 Å². The minimum absolute atomic E-state index is 0.0956. The summed E-state index contributed by atoms with van der Waals surface area (Å²) in [6.45, 7) is 1.52. The van der Waals surface area contributed by atoms with E-state index in [0.29, 0.717) is 13.2 Å². The van der Waals surface area contributed by atoms with Crippen LogP contribution in [0.2, 0.25) is 0 Å². The molecular weight excluding hydrogens is 218 g/mol. The monoisotopic (exact) mass is 235 g/mol. The van der Waals surface area contributed by atoms with Crippen molar-refractivity contribution in [3.63, 3.8) is 0 Å². The molecule has 2 atom stereocenters. The lowest BCUT2D eigenvalue weighted by Gasteiger charge is -2.16. The van der Waals surface area contributed by atoms with Crippen molar-refractivity contribution in [1.82, 2.24) is 0 Å². The number of ether oxygens (including phenoxy) is 2. The zero-order chi connectivity index (χ0) is 12.1. The number of carbonyl (C=O) groups excluding carboxylic acids is 1. The minimum Gasteiger partial charge on any atom is -0.460 e. The van der Waals surface area contributed by atoms with Crippen molar-refractivity contribution < 1.29 is 14.3 Å². The molecule has 4 nitrogen and oxygen atoms in total. The van der Waals surface area contributed by atoms with Gasteiger partial charge in [-0.15, -0.1) is 0 Å². The van der Waals surface area contributed by atoms with Crippen LogP contribution >= 0.6 is 0 Å².